The van der Waals surface area contributed by atoms with Crippen LogP contribution in [0.3, 0.4) is 0 Å². The van der Waals surface area contributed by atoms with Crippen LogP contribution in [0.15, 0.2) is 24.3 Å². The standard InChI is InChI=1S/C22H33N3O3/c1-22(2,20(26)24-12-6-4-5-7-13-24)21(27)25-16-14-23(15-17-25)18-8-10-19(28-3)11-9-18/h8-11H,4-7,12-17H2,1-3H3. The number of nitrogens with zero attached hydrogens (tertiary/aromatic N) is 3. The fourth-order valence-corrected chi connectivity index (χ4v) is 4.12. The van der Waals surface area contributed by atoms with E-state index < -0.39 is 5.41 Å². The van der Waals surface area contributed by atoms with Gasteiger partial charge in [-0.3, -0.25) is 9.59 Å². The third kappa shape index (κ3) is 4.42. The highest BCUT2D eigenvalue weighted by Crippen LogP contribution is 2.26. The minimum absolute atomic E-state index is 0.0167. The van der Waals surface area contributed by atoms with Crippen molar-refractivity contribution in [3.63, 3.8) is 0 Å². The highest BCUT2D eigenvalue weighted by atomic mass is 16.5. The summed E-state index contributed by atoms with van der Waals surface area (Å²) in [5, 5.41) is 0. The van der Waals surface area contributed by atoms with Gasteiger partial charge in [0, 0.05) is 45.0 Å². The van der Waals surface area contributed by atoms with Crippen molar-refractivity contribution in [3.8, 4) is 5.75 Å². The second-order valence-electron chi connectivity index (χ2n) is 8.31. The maximum absolute atomic E-state index is 13.2. The van der Waals surface area contributed by atoms with Gasteiger partial charge in [-0.1, -0.05) is 12.8 Å². The van der Waals surface area contributed by atoms with Crippen molar-refractivity contribution in [1.82, 2.24) is 9.80 Å². The number of rotatable bonds is 4. The Balaban J connectivity index is 1.59. The molecular formula is C22H33N3O3. The van der Waals surface area contributed by atoms with Gasteiger partial charge >= 0.3 is 0 Å². The molecule has 0 aliphatic carbocycles. The van der Waals surface area contributed by atoms with Crippen LogP contribution in [-0.4, -0.2) is 68.0 Å². The maximum atomic E-state index is 13.2. The van der Waals surface area contributed by atoms with Gasteiger partial charge in [-0.15, -0.1) is 0 Å². The smallest absolute Gasteiger partial charge is 0.237 e. The van der Waals surface area contributed by atoms with Crippen molar-refractivity contribution >= 4 is 17.5 Å². The Morgan fingerprint density at radius 2 is 1.29 bits per heavy atom. The van der Waals surface area contributed by atoms with E-state index in [1.54, 1.807) is 21.0 Å². The van der Waals surface area contributed by atoms with E-state index in [-0.39, 0.29) is 11.8 Å². The number of carbonyl (C=O) groups excluding carboxylic acids is 2. The zero-order valence-corrected chi connectivity index (χ0v) is 17.4. The number of piperazine rings is 1. The van der Waals surface area contributed by atoms with E-state index in [2.05, 4.69) is 4.90 Å². The minimum Gasteiger partial charge on any atom is -0.497 e. The molecule has 2 fully saturated rings. The third-order valence-electron chi connectivity index (χ3n) is 5.97. The predicted molar refractivity (Wildman–Crippen MR) is 111 cm³/mol. The summed E-state index contributed by atoms with van der Waals surface area (Å²) < 4.78 is 5.22. The molecule has 0 aromatic heterocycles. The first-order chi connectivity index (χ1) is 13.4. The van der Waals surface area contributed by atoms with Crippen LogP contribution in [0.25, 0.3) is 0 Å². The van der Waals surface area contributed by atoms with Gasteiger partial charge in [-0.2, -0.15) is 0 Å². The zero-order chi connectivity index (χ0) is 20.1. The first-order valence-electron chi connectivity index (χ1n) is 10.4. The maximum Gasteiger partial charge on any atom is 0.237 e. The lowest BCUT2D eigenvalue weighted by molar-refractivity contribution is -0.154. The molecule has 6 nitrogen and oxygen atoms in total. The number of ether oxygens (including phenoxy) is 1. The van der Waals surface area contributed by atoms with Crippen LogP contribution in [0.4, 0.5) is 5.69 Å². The average molecular weight is 388 g/mol. The molecule has 2 amide bonds. The number of carbonyl (C=O) groups is 2. The van der Waals surface area contributed by atoms with Gasteiger partial charge in [0.2, 0.25) is 11.8 Å². The molecule has 28 heavy (non-hydrogen) atoms. The normalized spacial score (nSPS) is 18.6. The van der Waals surface area contributed by atoms with Crippen LogP contribution in [0.5, 0.6) is 5.75 Å². The largest absolute Gasteiger partial charge is 0.497 e. The van der Waals surface area contributed by atoms with Crippen molar-refractivity contribution in [2.75, 3.05) is 51.3 Å². The Bertz CT molecular complexity index is 671. The highest BCUT2D eigenvalue weighted by Gasteiger charge is 2.42. The lowest BCUT2D eigenvalue weighted by Gasteiger charge is -2.40. The van der Waals surface area contributed by atoms with Crippen LogP contribution in [0.2, 0.25) is 0 Å². The van der Waals surface area contributed by atoms with Crippen LogP contribution in [-0.2, 0) is 9.59 Å². The monoisotopic (exact) mass is 387 g/mol. The summed E-state index contributed by atoms with van der Waals surface area (Å²) in [5.41, 5.74) is 0.139. The van der Waals surface area contributed by atoms with Crippen molar-refractivity contribution in [1.29, 1.82) is 0 Å². The second kappa shape index (κ2) is 8.84. The average Bonchev–Trinajstić information content (AvgIpc) is 3.02. The van der Waals surface area contributed by atoms with E-state index in [0.717, 1.165) is 50.5 Å². The van der Waals surface area contributed by atoms with Crippen molar-refractivity contribution in [2.24, 2.45) is 5.41 Å². The fourth-order valence-electron chi connectivity index (χ4n) is 4.12. The summed E-state index contributed by atoms with van der Waals surface area (Å²) in [5.74, 6) is 0.777. The Labute approximate surface area is 168 Å². The first kappa shape index (κ1) is 20.5. The van der Waals surface area contributed by atoms with Crippen LogP contribution >= 0.6 is 0 Å². The molecule has 2 saturated heterocycles. The summed E-state index contributed by atoms with van der Waals surface area (Å²) >= 11 is 0. The van der Waals surface area contributed by atoms with E-state index in [9.17, 15) is 9.59 Å². The first-order valence-corrected chi connectivity index (χ1v) is 10.4. The summed E-state index contributed by atoms with van der Waals surface area (Å²) in [4.78, 5) is 32.2. The molecular weight excluding hydrogens is 354 g/mol. The number of hydrogen-bond acceptors (Lipinski definition) is 4. The number of anilines is 1. The van der Waals surface area contributed by atoms with Crippen molar-refractivity contribution in [2.45, 2.75) is 39.5 Å². The van der Waals surface area contributed by atoms with Gasteiger partial charge < -0.3 is 19.4 Å². The third-order valence-corrected chi connectivity index (χ3v) is 5.97. The van der Waals surface area contributed by atoms with Crippen LogP contribution in [0.1, 0.15) is 39.5 Å². The summed E-state index contributed by atoms with van der Waals surface area (Å²) in [6, 6.07) is 8.00. The Kier molecular flexibility index (Phi) is 6.47. The molecule has 2 heterocycles. The molecule has 2 aliphatic rings. The number of amides is 2. The van der Waals surface area contributed by atoms with Gasteiger partial charge in [-0.05, 0) is 51.0 Å². The van der Waals surface area contributed by atoms with Crippen molar-refractivity contribution in [3.05, 3.63) is 24.3 Å². The van der Waals surface area contributed by atoms with Gasteiger partial charge in [-0.25, -0.2) is 0 Å². The van der Waals surface area contributed by atoms with E-state index in [4.69, 9.17) is 4.74 Å². The van der Waals surface area contributed by atoms with E-state index in [1.807, 2.05) is 34.1 Å². The summed E-state index contributed by atoms with van der Waals surface area (Å²) in [6.07, 6.45) is 4.42. The van der Waals surface area contributed by atoms with Crippen LogP contribution < -0.4 is 9.64 Å². The number of methoxy groups -OCH3 is 1. The summed E-state index contributed by atoms with van der Waals surface area (Å²) in [6.45, 7) is 7.96. The van der Waals surface area contributed by atoms with E-state index in [0.29, 0.717) is 13.1 Å². The van der Waals surface area contributed by atoms with E-state index >= 15 is 0 Å². The van der Waals surface area contributed by atoms with Gasteiger partial charge in [0.05, 0.1) is 7.11 Å². The molecule has 0 spiro atoms. The topological polar surface area (TPSA) is 53.1 Å². The number of benzene rings is 1. The molecule has 3 rings (SSSR count). The molecule has 0 bridgehead atoms. The molecule has 1 aromatic rings. The number of hydrogen-bond donors (Lipinski definition) is 0. The Morgan fingerprint density at radius 3 is 1.79 bits per heavy atom. The molecule has 0 radical (unpaired) electrons. The van der Waals surface area contributed by atoms with Gasteiger partial charge in [0.1, 0.15) is 11.2 Å². The predicted octanol–water partition coefficient (Wildman–Crippen LogP) is 2.77. The zero-order valence-electron chi connectivity index (χ0n) is 17.4. The molecule has 0 unspecified atom stereocenters. The molecule has 1 aromatic carbocycles. The Morgan fingerprint density at radius 1 is 0.786 bits per heavy atom. The molecule has 154 valence electrons. The van der Waals surface area contributed by atoms with Crippen molar-refractivity contribution < 1.29 is 14.3 Å². The second-order valence-corrected chi connectivity index (χ2v) is 8.31. The fraction of sp³-hybridized carbons (Fsp3) is 0.636. The molecule has 0 saturated carbocycles. The summed E-state index contributed by atoms with van der Waals surface area (Å²) in [7, 11) is 1.66. The SMILES string of the molecule is COc1ccc(N2CCN(C(=O)C(C)(C)C(=O)N3CCCCCC3)CC2)cc1. The molecule has 0 N–H and O–H groups in total. The minimum atomic E-state index is -0.993. The Hall–Kier alpha value is -2.24. The van der Waals surface area contributed by atoms with Gasteiger partial charge in [0.25, 0.3) is 0 Å². The molecule has 6 heteroatoms. The number of likely N-dealkylation sites (tertiary alicyclic amines) is 1. The van der Waals surface area contributed by atoms with Gasteiger partial charge in [0.15, 0.2) is 0 Å². The lowest BCUT2D eigenvalue weighted by Crippen LogP contribution is -2.56. The molecule has 0 atom stereocenters. The van der Waals surface area contributed by atoms with Crippen LogP contribution in [0, 0.1) is 5.41 Å². The lowest BCUT2D eigenvalue weighted by atomic mass is 9.89. The quantitative estimate of drug-likeness (QED) is 0.746. The highest BCUT2D eigenvalue weighted by molar-refractivity contribution is 6.04. The van der Waals surface area contributed by atoms with E-state index in [1.165, 1.54) is 12.8 Å². The molecule has 2 aliphatic heterocycles.